The van der Waals surface area contributed by atoms with Gasteiger partial charge in [0.05, 0.1) is 0 Å². The topological polar surface area (TPSA) is 62.2 Å². The maximum atomic E-state index is 11.0. The fraction of sp³-hybridized carbons (Fsp3) is 0.500. The van der Waals surface area contributed by atoms with Gasteiger partial charge in [-0.05, 0) is 42.9 Å². The van der Waals surface area contributed by atoms with Crippen LogP contribution in [-0.2, 0) is 11.3 Å². The zero-order valence-electron chi connectivity index (χ0n) is 9.31. The Morgan fingerprint density at radius 1 is 1.69 bits per heavy atom. The fourth-order valence-corrected chi connectivity index (χ4v) is 1.81. The Kier molecular flexibility index (Phi) is 3.19. The predicted octanol–water partition coefficient (Wildman–Crippen LogP) is 1.34. The van der Waals surface area contributed by atoms with Gasteiger partial charge in [-0.1, -0.05) is 0 Å². The molecule has 0 bridgehead atoms. The molecule has 86 valence electrons. The van der Waals surface area contributed by atoms with Crippen LogP contribution in [0.1, 0.15) is 24.0 Å². The Labute approximate surface area is 94.7 Å². The molecule has 1 aromatic heterocycles. The van der Waals surface area contributed by atoms with Crippen LogP contribution in [0.3, 0.4) is 0 Å². The van der Waals surface area contributed by atoms with E-state index in [1.54, 1.807) is 12.4 Å². The SMILES string of the molecule is Cc1cnccc1CNC(C(=O)O)C1CC1. The Morgan fingerprint density at radius 2 is 2.44 bits per heavy atom. The summed E-state index contributed by atoms with van der Waals surface area (Å²) in [4.78, 5) is 15.0. The first kappa shape index (κ1) is 11.1. The van der Waals surface area contributed by atoms with E-state index in [1.807, 2.05) is 13.0 Å². The third kappa shape index (κ3) is 2.58. The van der Waals surface area contributed by atoms with Crippen molar-refractivity contribution in [2.24, 2.45) is 5.92 Å². The van der Waals surface area contributed by atoms with Crippen LogP contribution in [0.2, 0.25) is 0 Å². The van der Waals surface area contributed by atoms with Crippen LogP contribution in [0.25, 0.3) is 0 Å². The standard InChI is InChI=1S/C12H16N2O2/c1-8-6-13-5-4-10(8)7-14-11(12(15)16)9-2-3-9/h4-6,9,11,14H,2-3,7H2,1H3,(H,15,16). The zero-order chi connectivity index (χ0) is 11.5. The van der Waals surface area contributed by atoms with Crippen LogP contribution in [-0.4, -0.2) is 22.1 Å². The summed E-state index contributed by atoms with van der Waals surface area (Å²) >= 11 is 0. The number of aromatic nitrogens is 1. The molecule has 0 radical (unpaired) electrons. The first-order valence-corrected chi connectivity index (χ1v) is 5.54. The third-order valence-electron chi connectivity index (χ3n) is 3.01. The van der Waals surface area contributed by atoms with E-state index in [0.29, 0.717) is 12.5 Å². The van der Waals surface area contributed by atoms with Crippen molar-refractivity contribution in [3.8, 4) is 0 Å². The Bertz CT molecular complexity index is 388. The molecule has 1 unspecified atom stereocenters. The van der Waals surface area contributed by atoms with Gasteiger partial charge in [0.15, 0.2) is 0 Å². The predicted molar refractivity (Wildman–Crippen MR) is 60.0 cm³/mol. The van der Waals surface area contributed by atoms with E-state index in [1.165, 1.54) is 0 Å². The number of carboxylic acids is 1. The molecule has 4 nitrogen and oxygen atoms in total. The van der Waals surface area contributed by atoms with Crippen LogP contribution < -0.4 is 5.32 Å². The maximum absolute atomic E-state index is 11.0. The highest BCUT2D eigenvalue weighted by Gasteiger charge is 2.35. The third-order valence-corrected chi connectivity index (χ3v) is 3.01. The van der Waals surface area contributed by atoms with Crippen LogP contribution >= 0.6 is 0 Å². The lowest BCUT2D eigenvalue weighted by Crippen LogP contribution is -2.38. The molecular weight excluding hydrogens is 204 g/mol. The maximum Gasteiger partial charge on any atom is 0.320 e. The second kappa shape index (κ2) is 4.61. The lowest BCUT2D eigenvalue weighted by Gasteiger charge is -2.14. The second-order valence-electron chi connectivity index (χ2n) is 4.34. The quantitative estimate of drug-likeness (QED) is 0.786. The van der Waals surface area contributed by atoms with Gasteiger partial charge in [-0.3, -0.25) is 9.78 Å². The summed E-state index contributed by atoms with van der Waals surface area (Å²) in [5.41, 5.74) is 2.21. The molecule has 1 aliphatic carbocycles. The summed E-state index contributed by atoms with van der Waals surface area (Å²) in [6.45, 7) is 2.58. The van der Waals surface area contributed by atoms with E-state index in [0.717, 1.165) is 24.0 Å². The Balaban J connectivity index is 1.95. The molecule has 1 atom stereocenters. The molecule has 2 rings (SSSR count). The van der Waals surface area contributed by atoms with Crippen molar-refractivity contribution in [3.63, 3.8) is 0 Å². The summed E-state index contributed by atoms with van der Waals surface area (Å²) in [6.07, 6.45) is 5.58. The average molecular weight is 220 g/mol. The minimum Gasteiger partial charge on any atom is -0.480 e. The lowest BCUT2D eigenvalue weighted by molar-refractivity contribution is -0.140. The second-order valence-corrected chi connectivity index (χ2v) is 4.34. The van der Waals surface area contributed by atoms with E-state index in [9.17, 15) is 4.79 Å². The van der Waals surface area contributed by atoms with Crippen molar-refractivity contribution >= 4 is 5.97 Å². The number of nitrogens with one attached hydrogen (secondary N) is 1. The summed E-state index contributed by atoms with van der Waals surface area (Å²) < 4.78 is 0. The molecule has 1 saturated carbocycles. The van der Waals surface area contributed by atoms with Gasteiger partial charge < -0.3 is 10.4 Å². The van der Waals surface area contributed by atoms with Crippen LogP contribution in [0.15, 0.2) is 18.5 Å². The summed E-state index contributed by atoms with van der Waals surface area (Å²) in [7, 11) is 0. The number of aryl methyl sites for hydroxylation is 1. The molecule has 0 aliphatic heterocycles. The van der Waals surface area contributed by atoms with Crippen LogP contribution in [0.5, 0.6) is 0 Å². The van der Waals surface area contributed by atoms with Gasteiger partial charge in [-0.15, -0.1) is 0 Å². The first-order chi connectivity index (χ1) is 7.68. The monoisotopic (exact) mass is 220 g/mol. The number of carboxylic acid groups (broad SMARTS) is 1. The van der Waals surface area contributed by atoms with Gasteiger partial charge in [0, 0.05) is 18.9 Å². The molecule has 1 aromatic rings. The molecule has 16 heavy (non-hydrogen) atoms. The summed E-state index contributed by atoms with van der Waals surface area (Å²) in [5.74, 6) is -0.422. The van der Waals surface area contributed by atoms with Gasteiger partial charge in [0.25, 0.3) is 0 Å². The van der Waals surface area contributed by atoms with Crippen molar-refractivity contribution < 1.29 is 9.90 Å². The Hall–Kier alpha value is -1.42. The minimum absolute atomic E-state index is 0.319. The van der Waals surface area contributed by atoms with Crippen molar-refractivity contribution in [2.45, 2.75) is 32.4 Å². The first-order valence-electron chi connectivity index (χ1n) is 5.54. The van der Waals surface area contributed by atoms with E-state index in [-0.39, 0.29) is 0 Å². The summed E-state index contributed by atoms with van der Waals surface area (Å²) in [6, 6.07) is 1.53. The van der Waals surface area contributed by atoms with Crippen molar-refractivity contribution in [3.05, 3.63) is 29.6 Å². The van der Waals surface area contributed by atoms with Gasteiger partial charge in [0.1, 0.15) is 6.04 Å². The van der Waals surface area contributed by atoms with Crippen molar-refractivity contribution in [1.29, 1.82) is 0 Å². The molecular formula is C12H16N2O2. The molecule has 4 heteroatoms. The number of aliphatic carboxylic acids is 1. The minimum atomic E-state index is -0.741. The van der Waals surface area contributed by atoms with Gasteiger partial charge in [-0.2, -0.15) is 0 Å². The van der Waals surface area contributed by atoms with E-state index in [4.69, 9.17) is 5.11 Å². The lowest BCUT2D eigenvalue weighted by atomic mass is 10.1. The molecule has 1 fully saturated rings. The zero-order valence-corrected chi connectivity index (χ0v) is 9.31. The number of pyridine rings is 1. The molecule has 0 saturated heterocycles. The number of hydrogen-bond donors (Lipinski definition) is 2. The number of hydrogen-bond acceptors (Lipinski definition) is 3. The van der Waals surface area contributed by atoms with Crippen LogP contribution in [0.4, 0.5) is 0 Å². The van der Waals surface area contributed by atoms with E-state index in [2.05, 4.69) is 10.3 Å². The van der Waals surface area contributed by atoms with Crippen molar-refractivity contribution in [1.82, 2.24) is 10.3 Å². The van der Waals surface area contributed by atoms with Gasteiger partial charge in [-0.25, -0.2) is 0 Å². The molecule has 0 amide bonds. The largest absolute Gasteiger partial charge is 0.480 e. The molecule has 0 aromatic carbocycles. The highest BCUT2D eigenvalue weighted by Crippen LogP contribution is 2.32. The Morgan fingerprint density at radius 3 is 3.00 bits per heavy atom. The fourth-order valence-electron chi connectivity index (χ4n) is 1.81. The average Bonchev–Trinajstić information content (AvgIpc) is 3.04. The van der Waals surface area contributed by atoms with E-state index >= 15 is 0 Å². The molecule has 1 heterocycles. The highest BCUT2D eigenvalue weighted by atomic mass is 16.4. The number of carbonyl (C=O) groups is 1. The normalized spacial score (nSPS) is 17.1. The van der Waals surface area contributed by atoms with Crippen LogP contribution in [0, 0.1) is 12.8 Å². The highest BCUT2D eigenvalue weighted by molar-refractivity contribution is 5.74. The molecule has 0 spiro atoms. The summed E-state index contributed by atoms with van der Waals surface area (Å²) in [5, 5.41) is 12.2. The molecule has 2 N–H and O–H groups in total. The van der Waals surface area contributed by atoms with E-state index < -0.39 is 12.0 Å². The van der Waals surface area contributed by atoms with Gasteiger partial charge in [0.2, 0.25) is 0 Å². The number of rotatable bonds is 5. The molecule has 1 aliphatic rings. The van der Waals surface area contributed by atoms with Gasteiger partial charge >= 0.3 is 5.97 Å². The van der Waals surface area contributed by atoms with Crippen molar-refractivity contribution in [2.75, 3.05) is 0 Å². The number of nitrogens with zero attached hydrogens (tertiary/aromatic N) is 1. The smallest absolute Gasteiger partial charge is 0.320 e.